The van der Waals surface area contributed by atoms with Crippen molar-refractivity contribution in [1.82, 2.24) is 30.9 Å². The number of halogens is 3. The molecule has 1 aliphatic heterocycles. The number of benzene rings is 1. The van der Waals surface area contributed by atoms with Crippen LogP contribution in [0.2, 0.25) is 0 Å². The number of carbonyl (C=O) groups excluding carboxylic acids is 2. The second-order valence-corrected chi connectivity index (χ2v) is 7.72. The molecule has 0 bridgehead atoms. The van der Waals surface area contributed by atoms with Crippen LogP contribution in [-0.2, 0) is 11.0 Å². The molecule has 0 radical (unpaired) electrons. The van der Waals surface area contributed by atoms with E-state index in [2.05, 4.69) is 26.3 Å². The summed E-state index contributed by atoms with van der Waals surface area (Å²) in [5.41, 5.74) is 6.88. The number of nitrogens with one attached hydrogen (secondary N) is 3. The van der Waals surface area contributed by atoms with E-state index in [1.807, 2.05) is 12.1 Å². The van der Waals surface area contributed by atoms with E-state index in [1.54, 1.807) is 12.4 Å². The zero-order chi connectivity index (χ0) is 23.8. The van der Waals surface area contributed by atoms with Crippen molar-refractivity contribution in [2.75, 3.05) is 0 Å². The Hall–Kier alpha value is -3.57. The number of ketones is 1. The Kier molecular flexibility index (Phi) is 6.00. The van der Waals surface area contributed by atoms with Gasteiger partial charge >= 0.3 is 6.18 Å². The maximum absolute atomic E-state index is 13.1. The van der Waals surface area contributed by atoms with Gasteiger partial charge in [-0.25, -0.2) is 15.5 Å². The Balaban J connectivity index is 1.50. The van der Waals surface area contributed by atoms with Crippen LogP contribution < -0.4 is 16.2 Å². The van der Waals surface area contributed by atoms with Gasteiger partial charge in [-0.2, -0.15) is 18.3 Å². The average molecular weight is 458 g/mol. The van der Waals surface area contributed by atoms with E-state index < -0.39 is 29.6 Å². The van der Waals surface area contributed by atoms with Crippen molar-refractivity contribution in [3.8, 4) is 5.69 Å². The Morgan fingerprint density at radius 1 is 1.12 bits per heavy atom. The first kappa shape index (κ1) is 22.6. The third-order valence-corrected chi connectivity index (χ3v) is 5.46. The molecule has 2 atom stereocenters. The Morgan fingerprint density at radius 2 is 1.85 bits per heavy atom. The van der Waals surface area contributed by atoms with E-state index in [0.29, 0.717) is 6.42 Å². The fraction of sp³-hybridized carbons (Fsp3) is 0.273. The summed E-state index contributed by atoms with van der Waals surface area (Å²) < 4.78 is 40.5. The largest absolute Gasteiger partial charge is 0.416 e. The van der Waals surface area contributed by atoms with Crippen LogP contribution in [0.25, 0.3) is 5.69 Å². The van der Waals surface area contributed by atoms with E-state index in [4.69, 9.17) is 0 Å². The molecule has 4 rings (SSSR count). The standard InChI is InChI=1S/C22H21F3N6O2/c1-12-19(13(2)31(30-12)16-5-3-4-15(10-16)22(23,24)25)20(32)21(33)27-18-11-17(28-29-18)14-6-8-26-9-7-14/h3-10,17-18,28-29H,11H2,1-2H3,(H,27,33). The number of nitrogens with zero attached hydrogens (tertiary/aromatic N) is 3. The molecule has 1 saturated heterocycles. The van der Waals surface area contributed by atoms with E-state index in [0.717, 1.165) is 17.7 Å². The summed E-state index contributed by atoms with van der Waals surface area (Å²) in [4.78, 5) is 29.5. The van der Waals surface area contributed by atoms with Crippen LogP contribution in [0.5, 0.6) is 0 Å². The van der Waals surface area contributed by atoms with Crippen LogP contribution >= 0.6 is 0 Å². The van der Waals surface area contributed by atoms with Crippen LogP contribution in [0.15, 0.2) is 48.8 Å². The Labute approximate surface area is 187 Å². The lowest BCUT2D eigenvalue weighted by molar-refractivity contribution is -0.137. The normalized spacial score (nSPS) is 18.3. The van der Waals surface area contributed by atoms with Crippen LogP contribution in [0.3, 0.4) is 0 Å². The summed E-state index contributed by atoms with van der Waals surface area (Å²) in [6, 6.07) is 8.25. The number of pyridine rings is 1. The molecule has 3 heterocycles. The molecule has 1 amide bonds. The predicted molar refractivity (Wildman–Crippen MR) is 112 cm³/mol. The zero-order valence-corrected chi connectivity index (χ0v) is 17.8. The van der Waals surface area contributed by atoms with Crippen molar-refractivity contribution in [3.63, 3.8) is 0 Å². The first-order valence-electron chi connectivity index (χ1n) is 10.1. The number of Topliss-reactive ketones (excluding diaryl/α,β-unsaturated/α-hetero) is 1. The molecule has 0 aliphatic carbocycles. The minimum Gasteiger partial charge on any atom is -0.333 e. The third-order valence-electron chi connectivity index (χ3n) is 5.46. The molecule has 3 aromatic rings. The highest BCUT2D eigenvalue weighted by Gasteiger charge is 2.32. The number of hydrogen-bond acceptors (Lipinski definition) is 6. The SMILES string of the molecule is Cc1nn(-c2cccc(C(F)(F)F)c2)c(C)c1C(=O)C(=O)NC1CC(c2ccncc2)NN1. The quantitative estimate of drug-likeness (QED) is 0.402. The maximum Gasteiger partial charge on any atom is 0.416 e. The predicted octanol–water partition coefficient (Wildman–Crippen LogP) is 2.77. The van der Waals surface area contributed by atoms with E-state index in [9.17, 15) is 22.8 Å². The van der Waals surface area contributed by atoms with Crippen LogP contribution in [0, 0.1) is 13.8 Å². The summed E-state index contributed by atoms with van der Waals surface area (Å²) in [6.07, 6.45) is -1.16. The van der Waals surface area contributed by atoms with Gasteiger partial charge in [0.15, 0.2) is 0 Å². The second-order valence-electron chi connectivity index (χ2n) is 7.72. The molecule has 1 aliphatic rings. The number of alkyl halides is 3. The highest BCUT2D eigenvalue weighted by molar-refractivity contribution is 6.43. The van der Waals surface area contributed by atoms with E-state index in [1.165, 1.54) is 30.7 Å². The van der Waals surface area contributed by atoms with Crippen LogP contribution in [0.1, 0.15) is 45.3 Å². The Bertz CT molecular complexity index is 1190. The minimum atomic E-state index is -4.51. The van der Waals surface area contributed by atoms with Gasteiger partial charge in [-0.3, -0.25) is 14.6 Å². The molecular weight excluding hydrogens is 437 g/mol. The topological polar surface area (TPSA) is 101 Å². The molecule has 8 nitrogen and oxygen atoms in total. The molecule has 1 aromatic carbocycles. The maximum atomic E-state index is 13.1. The zero-order valence-electron chi connectivity index (χ0n) is 17.8. The molecule has 3 N–H and O–H groups in total. The van der Waals surface area contributed by atoms with Crippen LogP contribution in [-0.4, -0.2) is 32.6 Å². The van der Waals surface area contributed by atoms with Crippen molar-refractivity contribution in [3.05, 3.63) is 76.9 Å². The first-order valence-corrected chi connectivity index (χ1v) is 10.1. The average Bonchev–Trinajstić information content (AvgIpc) is 3.37. The van der Waals surface area contributed by atoms with Gasteiger partial charge in [0.2, 0.25) is 0 Å². The highest BCUT2D eigenvalue weighted by Crippen LogP contribution is 2.31. The molecule has 0 saturated carbocycles. The summed E-state index contributed by atoms with van der Waals surface area (Å²) in [7, 11) is 0. The monoisotopic (exact) mass is 458 g/mol. The fourth-order valence-corrected chi connectivity index (χ4v) is 3.84. The lowest BCUT2D eigenvalue weighted by Crippen LogP contribution is -2.46. The number of rotatable bonds is 5. The smallest absolute Gasteiger partial charge is 0.333 e. The molecular formula is C22H21F3N6O2. The minimum absolute atomic E-state index is 0.0570. The molecule has 1 fully saturated rings. The van der Waals surface area contributed by atoms with Crippen LogP contribution in [0.4, 0.5) is 13.2 Å². The van der Waals surface area contributed by atoms with Crippen molar-refractivity contribution in [1.29, 1.82) is 0 Å². The number of hydrogen-bond donors (Lipinski definition) is 3. The van der Waals surface area contributed by atoms with Gasteiger partial charge in [-0.05, 0) is 49.7 Å². The lowest BCUT2D eigenvalue weighted by Gasteiger charge is -2.12. The molecule has 11 heteroatoms. The van der Waals surface area contributed by atoms with Crippen molar-refractivity contribution in [2.24, 2.45) is 0 Å². The van der Waals surface area contributed by atoms with Gasteiger partial charge in [-0.1, -0.05) is 6.07 Å². The molecule has 33 heavy (non-hydrogen) atoms. The first-order chi connectivity index (χ1) is 15.6. The summed E-state index contributed by atoms with van der Waals surface area (Å²) >= 11 is 0. The number of aromatic nitrogens is 3. The van der Waals surface area contributed by atoms with E-state index >= 15 is 0 Å². The number of carbonyl (C=O) groups is 2. The fourth-order valence-electron chi connectivity index (χ4n) is 3.84. The number of hydrazine groups is 1. The highest BCUT2D eigenvalue weighted by atomic mass is 19.4. The van der Waals surface area contributed by atoms with Gasteiger partial charge in [-0.15, -0.1) is 0 Å². The van der Waals surface area contributed by atoms with Crippen molar-refractivity contribution < 1.29 is 22.8 Å². The van der Waals surface area contributed by atoms with Gasteiger partial charge in [0.1, 0.15) is 0 Å². The molecule has 172 valence electrons. The third kappa shape index (κ3) is 4.64. The van der Waals surface area contributed by atoms with Crippen molar-refractivity contribution in [2.45, 2.75) is 38.7 Å². The number of aryl methyl sites for hydroxylation is 1. The Morgan fingerprint density at radius 3 is 2.55 bits per heavy atom. The van der Waals surface area contributed by atoms with Gasteiger partial charge in [0.25, 0.3) is 11.7 Å². The van der Waals surface area contributed by atoms with Gasteiger partial charge in [0, 0.05) is 24.9 Å². The molecule has 2 unspecified atom stereocenters. The lowest BCUT2D eigenvalue weighted by atomic mass is 10.1. The molecule has 2 aromatic heterocycles. The van der Waals surface area contributed by atoms with Gasteiger partial charge < -0.3 is 5.32 Å². The van der Waals surface area contributed by atoms with Gasteiger partial charge in [0.05, 0.1) is 34.4 Å². The summed E-state index contributed by atoms with van der Waals surface area (Å²) in [5, 5.41) is 6.85. The summed E-state index contributed by atoms with van der Waals surface area (Å²) in [6.45, 7) is 3.07. The summed E-state index contributed by atoms with van der Waals surface area (Å²) in [5.74, 6) is -1.64. The van der Waals surface area contributed by atoms with E-state index in [-0.39, 0.29) is 28.7 Å². The number of amides is 1. The second kappa shape index (κ2) is 8.75. The van der Waals surface area contributed by atoms with Crippen molar-refractivity contribution >= 4 is 11.7 Å². The molecule has 0 spiro atoms.